The number of hydrogen-bond donors (Lipinski definition) is 1. The van der Waals surface area contributed by atoms with Crippen molar-refractivity contribution in [3.8, 4) is 5.75 Å². The van der Waals surface area contributed by atoms with Crippen molar-refractivity contribution in [2.45, 2.75) is 83.5 Å². The number of benzene rings is 2. The quantitative estimate of drug-likeness (QED) is 0.162. The summed E-state index contributed by atoms with van der Waals surface area (Å²) in [7, 11) is 0. The van der Waals surface area contributed by atoms with Crippen molar-refractivity contribution in [3.63, 3.8) is 0 Å². The number of unbranched alkanes of at least 4 members (excludes halogenated alkanes) is 1. The lowest BCUT2D eigenvalue weighted by atomic mass is 10.0. The zero-order chi connectivity index (χ0) is 32.1. The highest BCUT2D eigenvalue weighted by atomic mass is 16.6. The van der Waals surface area contributed by atoms with Crippen molar-refractivity contribution in [1.29, 1.82) is 0 Å². The van der Waals surface area contributed by atoms with Crippen LogP contribution in [0.25, 0.3) is 0 Å². The summed E-state index contributed by atoms with van der Waals surface area (Å²) in [6.45, 7) is 9.82. The lowest BCUT2D eigenvalue weighted by Gasteiger charge is -2.35. The van der Waals surface area contributed by atoms with Crippen LogP contribution in [0.1, 0.15) is 64.0 Å². The number of rotatable bonds is 15. The number of nitrogens with zero attached hydrogens (tertiary/aromatic N) is 2. The maximum absolute atomic E-state index is 14.3. The molecule has 10 heteroatoms. The molecule has 1 aliphatic heterocycles. The van der Waals surface area contributed by atoms with Crippen LogP contribution in [0.2, 0.25) is 0 Å². The van der Waals surface area contributed by atoms with Gasteiger partial charge < -0.3 is 24.2 Å². The molecule has 1 aliphatic rings. The average molecular weight is 609 g/mol. The smallest absolute Gasteiger partial charge is 0.410 e. The molecule has 0 radical (unpaired) electrons. The van der Waals surface area contributed by atoms with Gasteiger partial charge in [-0.15, -0.1) is 0 Å². The molecule has 0 saturated carbocycles. The summed E-state index contributed by atoms with van der Waals surface area (Å²) in [5.74, 6) is -1.15. The number of carbonyl (C=O) groups excluding carboxylic acids is 3. The van der Waals surface area contributed by atoms with Gasteiger partial charge in [-0.25, -0.2) is 9.59 Å². The van der Waals surface area contributed by atoms with E-state index in [2.05, 4.69) is 6.58 Å². The highest BCUT2D eigenvalue weighted by Gasteiger charge is 2.42. The van der Waals surface area contributed by atoms with Gasteiger partial charge in [0.25, 0.3) is 0 Å². The molecule has 1 heterocycles. The summed E-state index contributed by atoms with van der Waals surface area (Å²) in [6.07, 6.45) is 3.45. The zero-order valence-electron chi connectivity index (χ0n) is 25.9. The molecule has 3 rings (SSSR count). The third kappa shape index (κ3) is 10.7. The second-order valence-electron chi connectivity index (χ2n) is 11.8. The SMILES string of the molecule is C=CCOC(=O)[C@H](Cc1ccccc1)N(Cc1ccc(OCCCCC(=O)O)cc1)C(=O)C1CCCN1C(=O)OC(C)(C)C. The first-order chi connectivity index (χ1) is 21.0. The molecule has 0 aromatic heterocycles. The van der Waals surface area contributed by atoms with Crippen LogP contribution < -0.4 is 4.74 Å². The van der Waals surface area contributed by atoms with Crippen LogP contribution in [0, 0.1) is 0 Å². The Morgan fingerprint density at radius 3 is 2.39 bits per heavy atom. The van der Waals surface area contributed by atoms with E-state index in [-0.39, 0.29) is 31.9 Å². The normalized spacial score (nSPS) is 15.2. The van der Waals surface area contributed by atoms with Crippen LogP contribution in [-0.2, 0) is 36.8 Å². The summed E-state index contributed by atoms with van der Waals surface area (Å²) < 4.78 is 16.8. The largest absolute Gasteiger partial charge is 0.494 e. The van der Waals surface area contributed by atoms with Gasteiger partial charge in [0.05, 0.1) is 6.61 Å². The van der Waals surface area contributed by atoms with E-state index in [1.54, 1.807) is 32.9 Å². The second-order valence-corrected chi connectivity index (χ2v) is 11.8. The van der Waals surface area contributed by atoms with Crippen molar-refractivity contribution in [3.05, 3.63) is 78.4 Å². The molecule has 1 saturated heterocycles. The Hall–Kier alpha value is -4.34. The van der Waals surface area contributed by atoms with E-state index < -0.39 is 35.7 Å². The van der Waals surface area contributed by atoms with Crippen LogP contribution in [0.4, 0.5) is 4.79 Å². The summed E-state index contributed by atoms with van der Waals surface area (Å²) in [5, 5.41) is 8.80. The van der Waals surface area contributed by atoms with E-state index >= 15 is 0 Å². The Bertz CT molecular complexity index is 1260. The maximum atomic E-state index is 14.3. The summed E-state index contributed by atoms with van der Waals surface area (Å²) in [5.41, 5.74) is 0.887. The van der Waals surface area contributed by atoms with E-state index in [0.29, 0.717) is 44.6 Å². The molecular formula is C34H44N2O8. The molecule has 0 spiro atoms. The third-order valence-corrected chi connectivity index (χ3v) is 7.04. The Morgan fingerprint density at radius 2 is 1.75 bits per heavy atom. The van der Waals surface area contributed by atoms with Crippen molar-refractivity contribution in [2.24, 2.45) is 0 Å². The third-order valence-electron chi connectivity index (χ3n) is 7.04. The Kier molecular flexibility index (Phi) is 12.8. The van der Waals surface area contributed by atoms with Crippen molar-refractivity contribution >= 4 is 23.9 Å². The van der Waals surface area contributed by atoms with Gasteiger partial charge in [0.1, 0.15) is 30.0 Å². The van der Waals surface area contributed by atoms with Gasteiger partial charge in [-0.05, 0) is 69.7 Å². The first-order valence-electron chi connectivity index (χ1n) is 15.0. The molecule has 2 aromatic rings. The van der Waals surface area contributed by atoms with Gasteiger partial charge in [0.2, 0.25) is 5.91 Å². The van der Waals surface area contributed by atoms with Crippen molar-refractivity contribution in [2.75, 3.05) is 19.8 Å². The fourth-order valence-electron chi connectivity index (χ4n) is 4.95. The van der Waals surface area contributed by atoms with Gasteiger partial charge in [-0.2, -0.15) is 0 Å². The molecule has 0 aliphatic carbocycles. The summed E-state index contributed by atoms with van der Waals surface area (Å²) >= 11 is 0. The molecule has 1 unspecified atom stereocenters. The first-order valence-corrected chi connectivity index (χ1v) is 15.0. The van der Waals surface area contributed by atoms with Gasteiger partial charge in [0.15, 0.2) is 0 Å². The van der Waals surface area contributed by atoms with E-state index in [0.717, 1.165) is 11.1 Å². The van der Waals surface area contributed by atoms with Gasteiger partial charge in [-0.1, -0.05) is 55.1 Å². The number of ether oxygens (including phenoxy) is 3. The number of amides is 2. The molecule has 0 bridgehead atoms. The number of esters is 1. The van der Waals surface area contributed by atoms with E-state index in [1.807, 2.05) is 42.5 Å². The Balaban J connectivity index is 1.88. The summed E-state index contributed by atoms with van der Waals surface area (Å²) in [6, 6.07) is 14.8. The predicted molar refractivity (Wildman–Crippen MR) is 165 cm³/mol. The number of carboxylic acids is 1. The van der Waals surface area contributed by atoms with E-state index in [4.69, 9.17) is 19.3 Å². The fourth-order valence-corrected chi connectivity index (χ4v) is 4.95. The highest BCUT2D eigenvalue weighted by molar-refractivity contribution is 5.90. The number of aliphatic carboxylic acids is 1. The van der Waals surface area contributed by atoms with Gasteiger partial charge in [-0.3, -0.25) is 14.5 Å². The molecule has 10 nitrogen and oxygen atoms in total. The van der Waals surface area contributed by atoms with Crippen LogP contribution in [0.5, 0.6) is 5.75 Å². The van der Waals surface area contributed by atoms with E-state index in [9.17, 15) is 19.2 Å². The Labute approximate surface area is 259 Å². The lowest BCUT2D eigenvalue weighted by molar-refractivity contribution is -0.156. The monoisotopic (exact) mass is 608 g/mol. The topological polar surface area (TPSA) is 123 Å². The number of carbonyl (C=O) groups is 4. The van der Waals surface area contributed by atoms with Gasteiger partial charge >= 0.3 is 18.0 Å². The molecule has 2 amide bonds. The standard InChI is InChI=1S/C34H44N2O8/c1-5-21-43-32(40)29(23-25-12-7-6-8-13-25)36(31(39)28-14-11-20-35(28)33(41)44-34(2,3)4)24-26-16-18-27(19-17-26)42-22-10-9-15-30(37)38/h5-8,12-13,16-19,28-29H,1,9-11,14-15,20-24H2,2-4H3,(H,37,38)/t28?,29-/m0/s1. The minimum Gasteiger partial charge on any atom is -0.494 e. The molecule has 1 fully saturated rings. The maximum Gasteiger partial charge on any atom is 0.410 e. The predicted octanol–water partition coefficient (Wildman–Crippen LogP) is 5.39. The minimum atomic E-state index is -0.962. The van der Waals surface area contributed by atoms with Crippen molar-refractivity contribution in [1.82, 2.24) is 9.80 Å². The zero-order valence-corrected chi connectivity index (χ0v) is 25.9. The molecule has 1 N–H and O–H groups in total. The van der Waals surface area contributed by atoms with E-state index in [1.165, 1.54) is 15.9 Å². The minimum absolute atomic E-state index is 0.00187. The van der Waals surface area contributed by atoms with Crippen LogP contribution in [0.3, 0.4) is 0 Å². The fraction of sp³-hybridized carbons (Fsp3) is 0.471. The Morgan fingerprint density at radius 1 is 1.05 bits per heavy atom. The molecule has 2 aromatic carbocycles. The molecule has 238 valence electrons. The second kappa shape index (κ2) is 16.5. The summed E-state index contributed by atoms with van der Waals surface area (Å²) in [4.78, 5) is 54.6. The average Bonchev–Trinajstić information content (AvgIpc) is 3.48. The number of hydrogen-bond acceptors (Lipinski definition) is 7. The molecule has 44 heavy (non-hydrogen) atoms. The number of carboxylic acid groups (broad SMARTS) is 1. The van der Waals surface area contributed by atoms with Gasteiger partial charge in [0, 0.05) is 25.9 Å². The molecular weight excluding hydrogens is 564 g/mol. The van der Waals surface area contributed by atoms with Crippen LogP contribution in [0.15, 0.2) is 67.3 Å². The first kappa shape index (κ1) is 34.2. The lowest BCUT2D eigenvalue weighted by Crippen LogP contribution is -2.54. The molecule has 2 atom stereocenters. The highest BCUT2D eigenvalue weighted by Crippen LogP contribution is 2.26. The van der Waals surface area contributed by atoms with Crippen LogP contribution in [-0.4, -0.2) is 76.3 Å². The number of likely N-dealkylation sites (tertiary alicyclic amines) is 1. The van der Waals surface area contributed by atoms with Crippen LogP contribution >= 0.6 is 0 Å². The van der Waals surface area contributed by atoms with Crippen molar-refractivity contribution < 1.29 is 38.5 Å².